The Kier molecular flexibility index (Phi) is 4.07. The van der Waals surface area contributed by atoms with E-state index in [0.29, 0.717) is 30.0 Å². The summed E-state index contributed by atoms with van der Waals surface area (Å²) in [6.07, 6.45) is 4.25. The summed E-state index contributed by atoms with van der Waals surface area (Å²) in [7, 11) is 0. The van der Waals surface area contributed by atoms with Crippen molar-refractivity contribution in [1.82, 2.24) is 15.1 Å². The Morgan fingerprint density at radius 3 is 2.71 bits per heavy atom. The molecule has 3 aliphatic heterocycles. The second kappa shape index (κ2) is 6.39. The topological polar surface area (TPSA) is 95.7 Å². The van der Waals surface area contributed by atoms with E-state index in [2.05, 4.69) is 16.3 Å². The van der Waals surface area contributed by atoms with Gasteiger partial charge in [0.2, 0.25) is 11.8 Å². The fraction of sp³-hybridized carbons (Fsp3) is 0.571. The molecule has 0 aromatic heterocycles. The maximum absolute atomic E-state index is 12.9. The van der Waals surface area contributed by atoms with E-state index in [-0.39, 0.29) is 24.1 Å². The minimum atomic E-state index is -0.561. The molecule has 2 atom stereocenters. The van der Waals surface area contributed by atoms with Gasteiger partial charge in [-0.05, 0) is 36.5 Å². The number of fused-ring (bicyclic) bond motifs is 1. The number of hydrogen-bond acceptors (Lipinski definition) is 5. The van der Waals surface area contributed by atoms with E-state index in [1.807, 2.05) is 12.1 Å². The van der Waals surface area contributed by atoms with Gasteiger partial charge in [0.05, 0.1) is 0 Å². The molecular weight excluding hydrogens is 356 g/mol. The molecule has 1 aromatic carbocycles. The van der Waals surface area contributed by atoms with E-state index < -0.39 is 6.04 Å². The lowest BCUT2D eigenvalue weighted by Crippen LogP contribution is -2.61. The summed E-state index contributed by atoms with van der Waals surface area (Å²) in [6.45, 7) is 3.31. The number of nitrogens with one attached hydrogen (secondary N) is 1. The molecule has 7 heteroatoms. The summed E-state index contributed by atoms with van der Waals surface area (Å²) in [5.74, 6) is -0.731. The minimum Gasteiger partial charge on any atom is -0.327 e. The largest absolute Gasteiger partial charge is 0.327 e. The zero-order valence-corrected chi connectivity index (χ0v) is 15.9. The Balaban J connectivity index is 1.32. The van der Waals surface area contributed by atoms with Crippen LogP contribution in [0.5, 0.6) is 0 Å². The zero-order chi connectivity index (χ0) is 19.5. The van der Waals surface area contributed by atoms with Crippen LogP contribution in [0.25, 0.3) is 0 Å². The van der Waals surface area contributed by atoms with Crippen LogP contribution < -0.4 is 11.1 Å². The number of nitrogens with zero attached hydrogens (tertiary/aromatic N) is 2. The van der Waals surface area contributed by atoms with Crippen molar-refractivity contribution >= 4 is 17.7 Å². The van der Waals surface area contributed by atoms with Gasteiger partial charge >= 0.3 is 0 Å². The van der Waals surface area contributed by atoms with Crippen molar-refractivity contribution < 1.29 is 14.4 Å². The normalized spacial score (nSPS) is 29.2. The summed E-state index contributed by atoms with van der Waals surface area (Å²) in [5.41, 5.74) is 9.49. The molecule has 28 heavy (non-hydrogen) atoms. The predicted molar refractivity (Wildman–Crippen MR) is 102 cm³/mol. The lowest BCUT2D eigenvalue weighted by atomic mass is 9.75. The van der Waals surface area contributed by atoms with Gasteiger partial charge in [0, 0.05) is 49.6 Å². The Morgan fingerprint density at radius 1 is 1.18 bits per heavy atom. The van der Waals surface area contributed by atoms with Gasteiger partial charge in [-0.15, -0.1) is 0 Å². The second-order valence-corrected chi connectivity index (χ2v) is 8.85. The van der Waals surface area contributed by atoms with E-state index >= 15 is 0 Å². The highest BCUT2D eigenvalue weighted by Crippen LogP contribution is 2.45. The Bertz CT molecular complexity index is 861. The molecule has 3 N–H and O–H groups in total. The highest BCUT2D eigenvalue weighted by molar-refractivity contribution is 6.05. The number of benzene rings is 1. The average molecular weight is 382 g/mol. The number of piperidine rings is 1. The van der Waals surface area contributed by atoms with Crippen LogP contribution >= 0.6 is 0 Å². The summed E-state index contributed by atoms with van der Waals surface area (Å²) in [5, 5.41) is 2.36. The second-order valence-electron chi connectivity index (χ2n) is 8.85. The standard InChI is InChI=1S/C21H26N4O3/c22-17-5-2-8-21(17)11-24(12-21)9-13-3-1-4-14-15(13)10-25(20(14)28)16-6-7-18(26)23-19(16)27/h1,3-4,16-17H,2,5-12,22H2,(H,23,26,27). The molecule has 2 unspecified atom stereocenters. The predicted octanol–water partition coefficient (Wildman–Crippen LogP) is 0.761. The van der Waals surface area contributed by atoms with Crippen molar-refractivity contribution in [2.45, 2.75) is 57.3 Å². The highest BCUT2D eigenvalue weighted by Gasteiger charge is 2.50. The molecule has 0 radical (unpaired) electrons. The number of imide groups is 1. The lowest BCUT2D eigenvalue weighted by Gasteiger charge is -2.51. The summed E-state index contributed by atoms with van der Waals surface area (Å²) in [4.78, 5) is 40.6. The van der Waals surface area contributed by atoms with E-state index in [9.17, 15) is 14.4 Å². The van der Waals surface area contributed by atoms with Gasteiger partial charge in [-0.3, -0.25) is 24.6 Å². The van der Waals surface area contributed by atoms with Crippen LogP contribution in [0, 0.1) is 5.41 Å². The number of carbonyl (C=O) groups excluding carboxylic acids is 3. The number of rotatable bonds is 3. The average Bonchev–Trinajstić information content (AvgIpc) is 3.17. The van der Waals surface area contributed by atoms with Crippen molar-refractivity contribution in [2.75, 3.05) is 13.1 Å². The SMILES string of the molecule is NC1CCCC12CN(Cc1cccc3c1CN(C1CCC(=O)NC1=O)C3=O)C2. The maximum atomic E-state index is 12.9. The third-order valence-corrected chi connectivity index (χ3v) is 7.13. The Morgan fingerprint density at radius 2 is 2.00 bits per heavy atom. The lowest BCUT2D eigenvalue weighted by molar-refractivity contribution is -0.136. The third kappa shape index (κ3) is 2.68. The van der Waals surface area contributed by atoms with Crippen LogP contribution in [0.4, 0.5) is 0 Å². The molecule has 148 valence electrons. The molecule has 7 nitrogen and oxygen atoms in total. The van der Waals surface area contributed by atoms with Crippen molar-refractivity contribution in [1.29, 1.82) is 0 Å². The summed E-state index contributed by atoms with van der Waals surface area (Å²) < 4.78 is 0. The monoisotopic (exact) mass is 382 g/mol. The van der Waals surface area contributed by atoms with E-state index in [1.54, 1.807) is 4.90 Å². The summed E-state index contributed by atoms with van der Waals surface area (Å²) >= 11 is 0. The van der Waals surface area contributed by atoms with Crippen LogP contribution in [-0.4, -0.2) is 52.7 Å². The van der Waals surface area contributed by atoms with Crippen molar-refractivity contribution in [3.05, 3.63) is 34.9 Å². The van der Waals surface area contributed by atoms with Crippen molar-refractivity contribution in [3.63, 3.8) is 0 Å². The highest BCUT2D eigenvalue weighted by atomic mass is 16.2. The first-order valence-corrected chi connectivity index (χ1v) is 10.2. The molecule has 3 amide bonds. The molecular formula is C21H26N4O3. The first kappa shape index (κ1) is 17.8. The molecule has 0 bridgehead atoms. The van der Waals surface area contributed by atoms with Crippen LogP contribution in [0.3, 0.4) is 0 Å². The maximum Gasteiger partial charge on any atom is 0.255 e. The van der Waals surface area contributed by atoms with Gasteiger partial charge in [-0.1, -0.05) is 18.6 Å². The Labute approximate surface area is 164 Å². The quantitative estimate of drug-likeness (QED) is 0.753. The number of amides is 3. The Hall–Kier alpha value is -2.25. The fourth-order valence-corrected chi connectivity index (χ4v) is 5.55. The first-order chi connectivity index (χ1) is 13.5. The summed E-state index contributed by atoms with van der Waals surface area (Å²) in [6, 6.07) is 5.61. The number of nitrogens with two attached hydrogens (primary N) is 1. The molecule has 1 aromatic rings. The molecule has 4 aliphatic rings. The van der Waals surface area contributed by atoms with Gasteiger partial charge in [-0.2, -0.15) is 0 Å². The van der Waals surface area contributed by atoms with Crippen molar-refractivity contribution in [2.24, 2.45) is 11.1 Å². The molecule has 1 spiro atoms. The van der Waals surface area contributed by atoms with E-state index in [4.69, 9.17) is 5.73 Å². The van der Waals surface area contributed by atoms with Gasteiger partial charge in [0.25, 0.3) is 5.91 Å². The molecule has 3 heterocycles. The van der Waals surface area contributed by atoms with Crippen molar-refractivity contribution in [3.8, 4) is 0 Å². The minimum absolute atomic E-state index is 0.107. The smallest absolute Gasteiger partial charge is 0.255 e. The van der Waals surface area contributed by atoms with Gasteiger partial charge < -0.3 is 10.6 Å². The first-order valence-electron chi connectivity index (χ1n) is 10.2. The molecule has 2 saturated heterocycles. The molecule has 1 saturated carbocycles. The molecule has 5 rings (SSSR count). The van der Waals surface area contributed by atoms with Crippen LogP contribution in [-0.2, 0) is 22.7 Å². The van der Waals surface area contributed by atoms with Gasteiger partial charge in [0.1, 0.15) is 6.04 Å². The third-order valence-electron chi connectivity index (χ3n) is 7.13. The number of hydrogen-bond donors (Lipinski definition) is 2. The van der Waals surface area contributed by atoms with Gasteiger partial charge in [0.15, 0.2) is 0 Å². The van der Waals surface area contributed by atoms with Gasteiger partial charge in [-0.25, -0.2) is 0 Å². The number of carbonyl (C=O) groups is 3. The number of likely N-dealkylation sites (tertiary alicyclic amines) is 1. The molecule has 1 aliphatic carbocycles. The van der Waals surface area contributed by atoms with E-state index in [0.717, 1.165) is 37.2 Å². The fourth-order valence-electron chi connectivity index (χ4n) is 5.55. The van der Waals surface area contributed by atoms with Crippen LogP contribution in [0.2, 0.25) is 0 Å². The molecule has 3 fully saturated rings. The van der Waals surface area contributed by atoms with E-state index in [1.165, 1.54) is 12.8 Å². The van der Waals surface area contributed by atoms with Crippen LogP contribution in [0.1, 0.15) is 53.6 Å². The zero-order valence-electron chi connectivity index (χ0n) is 15.9. The van der Waals surface area contributed by atoms with Crippen LogP contribution in [0.15, 0.2) is 18.2 Å².